The van der Waals surface area contributed by atoms with Crippen molar-refractivity contribution in [2.45, 2.75) is 25.6 Å². The molecule has 0 spiro atoms. The highest BCUT2D eigenvalue weighted by atomic mass is 16.7. The number of carbonyl (C=O) groups excluding carboxylic acids is 4. The van der Waals surface area contributed by atoms with Crippen LogP contribution in [0.25, 0.3) is 0 Å². The van der Waals surface area contributed by atoms with Crippen molar-refractivity contribution >= 4 is 35.4 Å². The molecule has 2 atom stereocenters. The first kappa shape index (κ1) is 19.9. The van der Waals surface area contributed by atoms with Crippen LogP contribution in [0.3, 0.4) is 0 Å². The van der Waals surface area contributed by atoms with Gasteiger partial charge in [-0.3, -0.25) is 29.8 Å². The number of nitrogens with zero attached hydrogens (tertiary/aromatic N) is 2. The van der Waals surface area contributed by atoms with E-state index in [2.05, 4.69) is 4.99 Å². The number of aliphatic imine (C=N–C) groups is 1. The summed E-state index contributed by atoms with van der Waals surface area (Å²) < 4.78 is 10.2. The van der Waals surface area contributed by atoms with Crippen molar-refractivity contribution in [3.05, 3.63) is 39.9 Å². The zero-order chi connectivity index (χ0) is 21.5. The molecular weight excluding hydrogens is 388 g/mol. The van der Waals surface area contributed by atoms with Gasteiger partial charge in [0.05, 0.1) is 4.92 Å². The average molecular weight is 404 g/mol. The number of urea groups is 1. The van der Waals surface area contributed by atoms with E-state index in [9.17, 15) is 29.3 Å². The molecule has 2 aliphatic rings. The predicted octanol–water partition coefficient (Wildman–Crippen LogP) is 0.354. The molecule has 3 rings (SSSR count). The zero-order valence-corrected chi connectivity index (χ0v) is 15.3. The molecule has 1 aromatic carbocycles. The summed E-state index contributed by atoms with van der Waals surface area (Å²) in [6.45, 7) is 2.70. The molecule has 12 heteroatoms. The van der Waals surface area contributed by atoms with Crippen LogP contribution in [0.4, 0.5) is 10.5 Å². The van der Waals surface area contributed by atoms with Crippen LogP contribution in [-0.2, 0) is 23.9 Å². The van der Waals surface area contributed by atoms with Crippen molar-refractivity contribution in [2.75, 3.05) is 0 Å². The molecular formula is C17H16N4O8. The Balaban J connectivity index is 2.16. The van der Waals surface area contributed by atoms with Gasteiger partial charge >= 0.3 is 18.0 Å². The standard InChI is InChI=1S/C17H16N4O8/c1-17(2)28-14(23)11(15(24)29-17)9(7-4-3-5-8(6-7)21(26)27)10-12(18)19-16(25)20-13(10)22/h3-6,9-11H,1-2H3,(H3,18,19,20,22,25). The van der Waals surface area contributed by atoms with E-state index >= 15 is 0 Å². The Morgan fingerprint density at radius 3 is 2.34 bits per heavy atom. The molecule has 2 aliphatic heterocycles. The van der Waals surface area contributed by atoms with Crippen LogP contribution in [0.15, 0.2) is 29.3 Å². The maximum absolute atomic E-state index is 12.6. The summed E-state index contributed by atoms with van der Waals surface area (Å²) in [6.07, 6.45) is 0. The lowest BCUT2D eigenvalue weighted by atomic mass is 9.74. The van der Waals surface area contributed by atoms with Crippen molar-refractivity contribution < 1.29 is 33.6 Å². The third-order valence-corrected chi connectivity index (χ3v) is 4.45. The molecule has 0 aromatic heterocycles. The van der Waals surface area contributed by atoms with Crippen LogP contribution in [0, 0.1) is 22.0 Å². The molecule has 12 nitrogen and oxygen atoms in total. The van der Waals surface area contributed by atoms with Gasteiger partial charge in [0.1, 0.15) is 11.8 Å². The van der Waals surface area contributed by atoms with Gasteiger partial charge in [-0.15, -0.1) is 0 Å². The minimum atomic E-state index is -1.66. The fraction of sp³-hybridized carbons (Fsp3) is 0.353. The van der Waals surface area contributed by atoms with E-state index in [1.54, 1.807) is 0 Å². The van der Waals surface area contributed by atoms with Crippen LogP contribution in [0.5, 0.6) is 0 Å². The van der Waals surface area contributed by atoms with Crippen LogP contribution in [0.2, 0.25) is 0 Å². The van der Waals surface area contributed by atoms with Gasteiger partial charge in [-0.2, -0.15) is 4.99 Å². The average Bonchev–Trinajstić information content (AvgIpc) is 2.58. The fourth-order valence-corrected chi connectivity index (χ4v) is 3.32. The summed E-state index contributed by atoms with van der Waals surface area (Å²) in [5.74, 6) is -9.35. The molecule has 0 aliphatic carbocycles. The van der Waals surface area contributed by atoms with E-state index in [0.717, 1.165) is 6.07 Å². The normalized spacial score (nSPS) is 22.8. The van der Waals surface area contributed by atoms with E-state index < -0.39 is 58.2 Å². The lowest BCUT2D eigenvalue weighted by Crippen LogP contribution is -2.55. The number of hydrogen-bond acceptors (Lipinski definition) is 9. The van der Waals surface area contributed by atoms with E-state index in [0.29, 0.717) is 0 Å². The maximum atomic E-state index is 12.6. The number of imide groups is 1. The zero-order valence-electron chi connectivity index (χ0n) is 15.3. The minimum absolute atomic E-state index is 0.0745. The highest BCUT2D eigenvalue weighted by Gasteiger charge is 2.53. The first-order valence-electron chi connectivity index (χ1n) is 8.39. The monoisotopic (exact) mass is 404 g/mol. The van der Waals surface area contributed by atoms with Crippen LogP contribution in [0.1, 0.15) is 25.3 Å². The molecule has 0 saturated carbocycles. The summed E-state index contributed by atoms with van der Waals surface area (Å²) in [6, 6.07) is 4.00. The third kappa shape index (κ3) is 3.77. The summed E-state index contributed by atoms with van der Waals surface area (Å²) in [5.41, 5.74) is 5.51. The lowest BCUT2D eigenvalue weighted by molar-refractivity contribution is -0.385. The molecule has 2 unspecified atom stereocenters. The predicted molar refractivity (Wildman–Crippen MR) is 94.2 cm³/mol. The number of carbonyl (C=O) groups is 4. The van der Waals surface area contributed by atoms with E-state index in [4.69, 9.17) is 15.2 Å². The van der Waals surface area contributed by atoms with E-state index in [-0.39, 0.29) is 11.3 Å². The molecule has 3 N–H and O–H groups in total. The van der Waals surface area contributed by atoms with E-state index in [1.807, 2.05) is 5.32 Å². The van der Waals surface area contributed by atoms with Gasteiger partial charge in [0.2, 0.25) is 5.91 Å². The number of amidine groups is 1. The number of esters is 2. The number of nitro benzene ring substituents is 1. The molecule has 1 saturated heterocycles. The van der Waals surface area contributed by atoms with Crippen molar-refractivity contribution in [2.24, 2.45) is 22.6 Å². The number of cyclic esters (lactones) is 2. The third-order valence-electron chi connectivity index (χ3n) is 4.45. The fourth-order valence-electron chi connectivity index (χ4n) is 3.32. The van der Waals surface area contributed by atoms with Crippen LogP contribution < -0.4 is 11.1 Å². The number of rotatable bonds is 4. The van der Waals surface area contributed by atoms with Crippen molar-refractivity contribution in [1.29, 1.82) is 0 Å². The second-order valence-electron chi connectivity index (χ2n) is 6.91. The summed E-state index contributed by atoms with van der Waals surface area (Å²) in [5, 5.41) is 13.1. The summed E-state index contributed by atoms with van der Waals surface area (Å²) >= 11 is 0. The van der Waals surface area contributed by atoms with Crippen molar-refractivity contribution in [1.82, 2.24) is 5.32 Å². The number of ether oxygens (including phenoxy) is 2. The first-order valence-corrected chi connectivity index (χ1v) is 8.39. The Morgan fingerprint density at radius 1 is 1.17 bits per heavy atom. The Kier molecular flexibility index (Phi) is 4.78. The molecule has 0 bridgehead atoms. The quantitative estimate of drug-likeness (QED) is 0.310. The molecule has 0 radical (unpaired) electrons. The molecule has 2 heterocycles. The largest absolute Gasteiger partial charge is 0.422 e. The molecule has 1 fully saturated rings. The maximum Gasteiger partial charge on any atom is 0.349 e. The smallest absolute Gasteiger partial charge is 0.349 e. The van der Waals surface area contributed by atoms with Gasteiger partial charge < -0.3 is 15.2 Å². The van der Waals surface area contributed by atoms with E-state index in [1.165, 1.54) is 32.0 Å². The number of amides is 3. The Labute approximate surface area is 163 Å². The van der Waals surface area contributed by atoms with Gasteiger partial charge in [0, 0.05) is 31.9 Å². The Bertz CT molecular complexity index is 950. The van der Waals surface area contributed by atoms with Gasteiger partial charge in [0.25, 0.3) is 11.5 Å². The van der Waals surface area contributed by atoms with Gasteiger partial charge in [0.15, 0.2) is 5.92 Å². The number of nitrogens with two attached hydrogens (primary N) is 1. The second-order valence-corrected chi connectivity index (χ2v) is 6.91. The second kappa shape index (κ2) is 6.96. The van der Waals surface area contributed by atoms with Crippen LogP contribution >= 0.6 is 0 Å². The first-order chi connectivity index (χ1) is 13.5. The topological polar surface area (TPSA) is 180 Å². The Morgan fingerprint density at radius 2 is 1.79 bits per heavy atom. The van der Waals surface area contributed by atoms with Gasteiger partial charge in [-0.1, -0.05) is 12.1 Å². The highest BCUT2D eigenvalue weighted by Crippen LogP contribution is 2.40. The summed E-state index contributed by atoms with van der Waals surface area (Å²) in [4.78, 5) is 63.2. The van der Waals surface area contributed by atoms with Crippen molar-refractivity contribution in [3.63, 3.8) is 0 Å². The number of benzene rings is 1. The van der Waals surface area contributed by atoms with Gasteiger partial charge in [-0.25, -0.2) is 4.79 Å². The number of nitro groups is 1. The summed E-state index contributed by atoms with van der Waals surface area (Å²) in [7, 11) is 0. The molecule has 29 heavy (non-hydrogen) atoms. The van der Waals surface area contributed by atoms with Gasteiger partial charge in [-0.05, 0) is 5.56 Å². The Hall–Kier alpha value is -3.83. The number of non-ortho nitro benzene ring substituents is 1. The molecule has 152 valence electrons. The molecule has 1 aromatic rings. The SMILES string of the molecule is CC1(C)OC(=O)C(C(c2cccc([N+](=O)[O-])c2)C2C(=O)NC(=O)N=C2N)C(=O)O1. The number of hydrogen-bond donors (Lipinski definition) is 2. The highest BCUT2D eigenvalue weighted by molar-refractivity contribution is 6.16. The molecule has 3 amide bonds. The lowest BCUT2D eigenvalue weighted by Gasteiger charge is -2.38. The number of nitrogens with one attached hydrogen (secondary N) is 1. The minimum Gasteiger partial charge on any atom is -0.422 e. The van der Waals surface area contributed by atoms with Crippen LogP contribution in [-0.4, -0.2) is 40.4 Å². The van der Waals surface area contributed by atoms with Crippen molar-refractivity contribution in [3.8, 4) is 0 Å².